The predicted octanol–water partition coefficient (Wildman–Crippen LogP) is 4.17. The number of rotatable bonds is 11. The lowest BCUT2D eigenvalue weighted by Gasteiger charge is -2.32. The molecule has 0 aliphatic rings. The van der Waals surface area contributed by atoms with Gasteiger partial charge in [-0.05, 0) is 62.1 Å². The second kappa shape index (κ2) is 12.4. The molecular weight excluding hydrogens is 518 g/mol. The Labute approximate surface area is 211 Å². The van der Waals surface area contributed by atoms with Gasteiger partial charge >= 0.3 is 0 Å². The minimum Gasteiger partial charge on any atom is -0.354 e. The zero-order valence-electron chi connectivity index (χ0n) is 20.5. The first-order valence-electron chi connectivity index (χ1n) is 11.3. The lowest BCUT2D eigenvalue weighted by atomic mass is 10.1. The van der Waals surface area contributed by atoms with Crippen LogP contribution in [0.2, 0.25) is 0 Å². The molecule has 0 bridgehead atoms. The first-order chi connectivity index (χ1) is 16.0. The molecule has 0 aliphatic heterocycles. The first-order valence-corrected chi connectivity index (χ1v) is 13.9. The Balaban J connectivity index is 2.39. The molecule has 1 N–H and O–H groups in total. The average Bonchev–Trinajstić information content (AvgIpc) is 2.76. The van der Waals surface area contributed by atoms with Gasteiger partial charge in [0, 0.05) is 17.6 Å². The van der Waals surface area contributed by atoms with E-state index < -0.39 is 28.5 Å². The van der Waals surface area contributed by atoms with E-state index >= 15 is 0 Å². The van der Waals surface area contributed by atoms with E-state index in [9.17, 15) is 18.0 Å². The van der Waals surface area contributed by atoms with Crippen molar-refractivity contribution in [1.29, 1.82) is 0 Å². The van der Waals surface area contributed by atoms with Gasteiger partial charge in [-0.15, -0.1) is 0 Å². The van der Waals surface area contributed by atoms with Crippen LogP contribution in [0.1, 0.15) is 43.4 Å². The van der Waals surface area contributed by atoms with Crippen molar-refractivity contribution < 1.29 is 18.0 Å². The molecule has 0 heterocycles. The third-order valence-electron chi connectivity index (χ3n) is 5.76. The van der Waals surface area contributed by atoms with E-state index in [4.69, 9.17) is 0 Å². The molecule has 1 atom stereocenters. The summed E-state index contributed by atoms with van der Waals surface area (Å²) >= 11 is 3.44. The van der Waals surface area contributed by atoms with Crippen LogP contribution in [0.3, 0.4) is 0 Å². The van der Waals surface area contributed by atoms with Crippen LogP contribution >= 0.6 is 15.9 Å². The zero-order chi connectivity index (χ0) is 25.5. The van der Waals surface area contributed by atoms with Gasteiger partial charge in [0.1, 0.15) is 12.6 Å². The van der Waals surface area contributed by atoms with Gasteiger partial charge in [-0.2, -0.15) is 0 Å². The molecule has 0 saturated heterocycles. The number of hydrogen-bond acceptors (Lipinski definition) is 4. The highest BCUT2D eigenvalue weighted by molar-refractivity contribution is 9.10. The molecular formula is C25H34BrN3O4S. The Hall–Kier alpha value is -2.39. The average molecular weight is 553 g/mol. The van der Waals surface area contributed by atoms with Crippen LogP contribution < -0.4 is 9.62 Å². The maximum absolute atomic E-state index is 13.6. The number of benzene rings is 2. The van der Waals surface area contributed by atoms with E-state index in [1.807, 2.05) is 51.1 Å². The number of carbonyl (C=O) groups is 2. The number of nitrogens with zero attached hydrogens (tertiary/aromatic N) is 2. The van der Waals surface area contributed by atoms with Gasteiger partial charge in [0.2, 0.25) is 21.8 Å². The van der Waals surface area contributed by atoms with Crippen molar-refractivity contribution in [2.24, 2.45) is 0 Å². The van der Waals surface area contributed by atoms with Gasteiger partial charge in [-0.25, -0.2) is 8.42 Å². The van der Waals surface area contributed by atoms with Gasteiger partial charge in [-0.1, -0.05) is 53.5 Å². The van der Waals surface area contributed by atoms with Crippen LogP contribution in [-0.2, 0) is 26.2 Å². The summed E-state index contributed by atoms with van der Waals surface area (Å²) in [4.78, 5) is 27.8. The third kappa shape index (κ3) is 7.56. The minimum absolute atomic E-state index is 0.172. The fourth-order valence-corrected chi connectivity index (χ4v) is 4.90. The largest absolute Gasteiger partial charge is 0.354 e. The standard InChI is InChI=1S/C25H34BrN3O4S/c1-6-7-14-27-25(31)20(4)28(16-21-11-9-12-22(26)15-21)24(30)17-29(34(5,32)33)23-13-8-10-18(2)19(23)3/h8-13,15,20H,6-7,14,16-17H2,1-5H3,(H,27,31). The highest BCUT2D eigenvalue weighted by Crippen LogP contribution is 2.25. The SMILES string of the molecule is CCCCNC(=O)C(C)N(Cc1cccc(Br)c1)C(=O)CN(c1cccc(C)c1C)S(C)(=O)=O. The van der Waals surface area contributed by atoms with E-state index in [-0.39, 0.29) is 12.5 Å². The predicted molar refractivity (Wildman–Crippen MR) is 140 cm³/mol. The highest BCUT2D eigenvalue weighted by Gasteiger charge is 2.30. The summed E-state index contributed by atoms with van der Waals surface area (Å²) in [5, 5.41) is 2.87. The fraction of sp³-hybridized carbons (Fsp3) is 0.440. The number of hydrogen-bond donors (Lipinski definition) is 1. The Bertz CT molecular complexity index is 1120. The maximum atomic E-state index is 13.6. The van der Waals surface area contributed by atoms with Crippen LogP contribution in [0.25, 0.3) is 0 Å². The summed E-state index contributed by atoms with van der Waals surface area (Å²) in [5.74, 6) is -0.723. The molecule has 2 aromatic rings. The fourth-order valence-electron chi connectivity index (χ4n) is 3.55. The zero-order valence-corrected chi connectivity index (χ0v) is 22.9. The van der Waals surface area contributed by atoms with Crippen molar-refractivity contribution >= 4 is 43.5 Å². The number of unbranched alkanes of at least 4 members (excludes halogenated alkanes) is 1. The van der Waals surface area contributed by atoms with Gasteiger partial charge in [0.15, 0.2) is 0 Å². The van der Waals surface area contributed by atoms with E-state index in [1.54, 1.807) is 19.1 Å². The number of anilines is 1. The molecule has 2 rings (SSSR count). The molecule has 2 aromatic carbocycles. The number of nitrogens with one attached hydrogen (secondary N) is 1. The molecule has 34 heavy (non-hydrogen) atoms. The Morgan fingerprint density at radius 1 is 1.12 bits per heavy atom. The van der Waals surface area contributed by atoms with E-state index in [0.717, 1.165) is 44.6 Å². The smallest absolute Gasteiger partial charge is 0.244 e. The summed E-state index contributed by atoms with van der Waals surface area (Å²) < 4.78 is 27.4. The summed E-state index contributed by atoms with van der Waals surface area (Å²) in [7, 11) is -3.75. The third-order valence-corrected chi connectivity index (χ3v) is 7.38. The van der Waals surface area contributed by atoms with Crippen LogP contribution in [0.5, 0.6) is 0 Å². The second-order valence-electron chi connectivity index (χ2n) is 8.46. The number of aryl methyl sites for hydroxylation is 1. The Kier molecular flexibility index (Phi) is 10.1. The van der Waals surface area contributed by atoms with Gasteiger partial charge in [0.05, 0.1) is 11.9 Å². The molecule has 0 saturated carbocycles. The molecule has 0 aromatic heterocycles. The van der Waals surface area contributed by atoms with Crippen LogP contribution in [0.4, 0.5) is 5.69 Å². The van der Waals surface area contributed by atoms with Crippen molar-refractivity contribution in [3.8, 4) is 0 Å². The second-order valence-corrected chi connectivity index (χ2v) is 11.3. The quantitative estimate of drug-likeness (QED) is 0.424. The molecule has 7 nitrogen and oxygen atoms in total. The minimum atomic E-state index is -3.75. The van der Waals surface area contributed by atoms with Crippen LogP contribution in [-0.4, -0.2) is 50.5 Å². The number of sulfonamides is 1. The van der Waals surface area contributed by atoms with E-state index in [1.165, 1.54) is 4.90 Å². The van der Waals surface area contributed by atoms with Crippen LogP contribution in [0, 0.1) is 13.8 Å². The molecule has 1 unspecified atom stereocenters. The summed E-state index contributed by atoms with van der Waals surface area (Å²) in [6.45, 7) is 7.72. The molecule has 0 radical (unpaired) electrons. The molecule has 0 aliphatic carbocycles. The summed E-state index contributed by atoms with van der Waals surface area (Å²) in [5.41, 5.74) is 2.99. The molecule has 186 valence electrons. The van der Waals surface area contributed by atoms with E-state index in [0.29, 0.717) is 12.2 Å². The topological polar surface area (TPSA) is 86.8 Å². The molecule has 9 heteroatoms. The lowest BCUT2D eigenvalue weighted by molar-refractivity contribution is -0.139. The normalized spacial score (nSPS) is 12.2. The van der Waals surface area contributed by atoms with Gasteiger partial charge in [0.25, 0.3) is 0 Å². The van der Waals surface area contributed by atoms with E-state index in [2.05, 4.69) is 21.2 Å². The Morgan fingerprint density at radius 2 is 1.79 bits per heavy atom. The maximum Gasteiger partial charge on any atom is 0.244 e. The molecule has 2 amide bonds. The molecule has 0 fully saturated rings. The lowest BCUT2D eigenvalue weighted by Crippen LogP contribution is -2.51. The Morgan fingerprint density at radius 3 is 2.41 bits per heavy atom. The highest BCUT2D eigenvalue weighted by atomic mass is 79.9. The van der Waals surface area contributed by atoms with Crippen molar-refractivity contribution in [2.45, 2.75) is 53.1 Å². The van der Waals surface area contributed by atoms with Gasteiger partial charge < -0.3 is 10.2 Å². The van der Waals surface area contributed by atoms with Gasteiger partial charge in [-0.3, -0.25) is 13.9 Å². The van der Waals surface area contributed by atoms with Crippen molar-refractivity contribution in [1.82, 2.24) is 10.2 Å². The van der Waals surface area contributed by atoms with Crippen LogP contribution in [0.15, 0.2) is 46.9 Å². The van der Waals surface area contributed by atoms with Crippen molar-refractivity contribution in [2.75, 3.05) is 23.7 Å². The number of carbonyl (C=O) groups excluding carboxylic acids is 2. The summed E-state index contributed by atoms with van der Waals surface area (Å²) in [6.07, 6.45) is 2.86. The van der Waals surface area contributed by atoms with Crippen molar-refractivity contribution in [3.63, 3.8) is 0 Å². The summed E-state index contributed by atoms with van der Waals surface area (Å²) in [6, 6.07) is 12.0. The molecule has 0 spiro atoms. The monoisotopic (exact) mass is 551 g/mol. The van der Waals surface area contributed by atoms with Crippen molar-refractivity contribution in [3.05, 3.63) is 63.6 Å². The first kappa shape index (κ1) is 27.9. The number of halogens is 1. The number of amides is 2.